The predicted molar refractivity (Wildman–Crippen MR) is 125 cm³/mol. The Balaban J connectivity index is 1.40. The molecule has 7 unspecified atom stereocenters. The number of fused-ring (bicyclic) bond motifs is 5. The highest BCUT2D eigenvalue weighted by Crippen LogP contribution is 2.66. The summed E-state index contributed by atoms with van der Waals surface area (Å²) >= 11 is 0. The summed E-state index contributed by atoms with van der Waals surface area (Å²) in [5, 5.41) is 20.9. The Morgan fingerprint density at radius 1 is 1.03 bits per heavy atom. The Morgan fingerprint density at radius 3 is 2.57 bits per heavy atom. The van der Waals surface area contributed by atoms with Gasteiger partial charge >= 0.3 is 0 Å². The minimum absolute atomic E-state index is 0.0971. The van der Waals surface area contributed by atoms with Gasteiger partial charge in [-0.2, -0.15) is 0 Å². The average Bonchev–Trinajstić information content (AvgIpc) is 3.03. The van der Waals surface area contributed by atoms with Crippen LogP contribution in [-0.4, -0.2) is 21.9 Å². The Bertz CT molecular complexity index is 637. The zero-order valence-corrected chi connectivity index (χ0v) is 20.3. The van der Waals surface area contributed by atoms with Gasteiger partial charge in [-0.3, -0.25) is 0 Å². The second-order valence-electron chi connectivity index (χ2n) is 12.5. The van der Waals surface area contributed by atoms with Gasteiger partial charge in [-0.25, -0.2) is 0 Å². The van der Waals surface area contributed by atoms with Crippen LogP contribution >= 0.6 is 0 Å². The van der Waals surface area contributed by atoms with Gasteiger partial charge in [0.25, 0.3) is 0 Å². The van der Waals surface area contributed by atoms with Crippen LogP contribution in [0.1, 0.15) is 118 Å². The molecule has 4 aliphatic carbocycles. The van der Waals surface area contributed by atoms with E-state index in [-0.39, 0.29) is 6.10 Å². The van der Waals surface area contributed by atoms with Crippen LogP contribution < -0.4 is 0 Å². The van der Waals surface area contributed by atoms with Gasteiger partial charge in [0.1, 0.15) is 0 Å². The highest BCUT2D eigenvalue weighted by molar-refractivity contribution is 5.25. The molecule has 3 fully saturated rings. The monoisotopic (exact) mass is 416 g/mol. The summed E-state index contributed by atoms with van der Waals surface area (Å²) in [5.41, 5.74) is 2.01. The summed E-state index contributed by atoms with van der Waals surface area (Å²) in [5.74, 6) is 3.46. The SMILES string of the molecule is CCCCC(C)(O)CCCC1CCC2[C@@H]3CC=C4CC(O)CCC4(C)C3CCC12C. The fraction of sp³-hybridized carbons (Fsp3) is 0.929. The van der Waals surface area contributed by atoms with Gasteiger partial charge in [0.2, 0.25) is 0 Å². The van der Waals surface area contributed by atoms with E-state index in [1.807, 2.05) is 0 Å². The lowest BCUT2D eigenvalue weighted by atomic mass is 9.47. The molecule has 0 amide bonds. The number of allylic oxidation sites excluding steroid dienone is 1. The average molecular weight is 417 g/mol. The van der Waals surface area contributed by atoms with E-state index in [0.29, 0.717) is 10.8 Å². The molecule has 2 heteroatoms. The van der Waals surface area contributed by atoms with Crippen LogP contribution in [0, 0.1) is 34.5 Å². The molecule has 8 atom stereocenters. The van der Waals surface area contributed by atoms with E-state index in [0.717, 1.165) is 55.8 Å². The molecule has 0 heterocycles. The molecule has 0 aromatic heterocycles. The molecule has 0 aromatic rings. The Kier molecular flexibility index (Phi) is 6.50. The van der Waals surface area contributed by atoms with Gasteiger partial charge in [-0.15, -0.1) is 0 Å². The van der Waals surface area contributed by atoms with Crippen LogP contribution in [0.2, 0.25) is 0 Å². The van der Waals surface area contributed by atoms with E-state index < -0.39 is 5.60 Å². The first-order chi connectivity index (χ1) is 14.2. The molecule has 4 rings (SSSR count). The van der Waals surface area contributed by atoms with Gasteiger partial charge in [-0.1, -0.05) is 51.7 Å². The van der Waals surface area contributed by atoms with Crippen molar-refractivity contribution in [2.24, 2.45) is 34.5 Å². The van der Waals surface area contributed by atoms with Gasteiger partial charge in [0.15, 0.2) is 0 Å². The van der Waals surface area contributed by atoms with E-state index in [4.69, 9.17) is 0 Å². The maximum atomic E-state index is 10.7. The molecule has 30 heavy (non-hydrogen) atoms. The number of aliphatic hydroxyl groups is 2. The molecule has 3 saturated carbocycles. The Labute approximate surface area is 185 Å². The molecule has 0 radical (unpaired) electrons. The van der Waals surface area contributed by atoms with Crippen LogP contribution in [0.5, 0.6) is 0 Å². The van der Waals surface area contributed by atoms with Crippen molar-refractivity contribution in [2.45, 2.75) is 129 Å². The summed E-state index contributed by atoms with van der Waals surface area (Å²) in [4.78, 5) is 0. The second kappa shape index (κ2) is 8.54. The Hall–Kier alpha value is -0.340. The minimum atomic E-state index is -0.461. The van der Waals surface area contributed by atoms with E-state index in [9.17, 15) is 10.2 Å². The van der Waals surface area contributed by atoms with Gasteiger partial charge in [-0.05, 0) is 112 Å². The van der Waals surface area contributed by atoms with Crippen molar-refractivity contribution in [3.63, 3.8) is 0 Å². The number of hydrogen-bond donors (Lipinski definition) is 2. The standard InChI is InChI=1S/C28H48O2/c1-5-6-15-26(2,30)16-7-8-20-10-12-24-23-11-9-21-19-22(29)13-17-28(21,4)25(23)14-18-27(20,24)3/h9,20,22-25,29-30H,5-8,10-19H2,1-4H3/t20?,22?,23-,24?,25?,26?,27?,28?/m0/s1. The van der Waals surface area contributed by atoms with Crippen molar-refractivity contribution in [3.05, 3.63) is 11.6 Å². The van der Waals surface area contributed by atoms with Crippen molar-refractivity contribution in [1.82, 2.24) is 0 Å². The third kappa shape index (κ3) is 4.05. The lowest BCUT2D eigenvalue weighted by molar-refractivity contribution is -0.0517. The maximum absolute atomic E-state index is 10.7. The fourth-order valence-corrected chi connectivity index (χ4v) is 8.64. The lowest BCUT2D eigenvalue weighted by Gasteiger charge is -2.58. The first-order valence-corrected chi connectivity index (χ1v) is 13.3. The predicted octanol–water partition coefficient (Wildman–Crippen LogP) is 7.04. The highest BCUT2D eigenvalue weighted by Gasteiger charge is 2.58. The molecule has 2 nitrogen and oxygen atoms in total. The number of aliphatic hydroxyl groups excluding tert-OH is 1. The molecule has 0 aromatic carbocycles. The molecule has 4 aliphatic rings. The van der Waals surface area contributed by atoms with Crippen LogP contribution in [0.15, 0.2) is 11.6 Å². The zero-order valence-electron chi connectivity index (χ0n) is 20.3. The molecule has 0 aliphatic heterocycles. The summed E-state index contributed by atoms with van der Waals surface area (Å²) in [7, 11) is 0. The summed E-state index contributed by atoms with van der Waals surface area (Å²) in [6.45, 7) is 9.44. The third-order valence-corrected chi connectivity index (χ3v) is 10.6. The highest BCUT2D eigenvalue weighted by atomic mass is 16.3. The number of rotatable bonds is 7. The molecule has 172 valence electrons. The summed E-state index contributed by atoms with van der Waals surface area (Å²) < 4.78 is 0. The molecule has 0 bridgehead atoms. The van der Waals surface area contributed by atoms with Crippen molar-refractivity contribution < 1.29 is 10.2 Å². The summed E-state index contributed by atoms with van der Waals surface area (Å²) in [6, 6.07) is 0. The quantitative estimate of drug-likeness (QED) is 0.437. The second-order valence-corrected chi connectivity index (χ2v) is 12.5. The van der Waals surface area contributed by atoms with Gasteiger partial charge in [0, 0.05) is 0 Å². The molecular weight excluding hydrogens is 368 g/mol. The largest absolute Gasteiger partial charge is 0.393 e. The molecular formula is C28H48O2. The van der Waals surface area contributed by atoms with E-state index in [1.165, 1.54) is 57.8 Å². The zero-order chi connectivity index (χ0) is 21.6. The van der Waals surface area contributed by atoms with Crippen LogP contribution in [0.25, 0.3) is 0 Å². The maximum Gasteiger partial charge on any atom is 0.0619 e. The number of unbranched alkanes of at least 4 members (excludes halogenated alkanes) is 1. The van der Waals surface area contributed by atoms with E-state index in [2.05, 4.69) is 33.8 Å². The van der Waals surface area contributed by atoms with Crippen LogP contribution in [0.4, 0.5) is 0 Å². The number of hydrogen-bond acceptors (Lipinski definition) is 2. The third-order valence-electron chi connectivity index (χ3n) is 10.6. The van der Waals surface area contributed by atoms with Gasteiger partial charge in [0.05, 0.1) is 11.7 Å². The normalized spacial score (nSPS) is 45.1. The van der Waals surface area contributed by atoms with E-state index in [1.54, 1.807) is 5.57 Å². The van der Waals surface area contributed by atoms with Gasteiger partial charge < -0.3 is 10.2 Å². The molecule has 0 saturated heterocycles. The van der Waals surface area contributed by atoms with Crippen LogP contribution in [-0.2, 0) is 0 Å². The molecule has 0 spiro atoms. The van der Waals surface area contributed by atoms with Crippen molar-refractivity contribution >= 4 is 0 Å². The lowest BCUT2D eigenvalue weighted by Crippen LogP contribution is -2.50. The smallest absolute Gasteiger partial charge is 0.0619 e. The van der Waals surface area contributed by atoms with Crippen LogP contribution in [0.3, 0.4) is 0 Å². The van der Waals surface area contributed by atoms with Crippen molar-refractivity contribution in [3.8, 4) is 0 Å². The first kappa shape index (κ1) is 22.8. The molecule has 2 N–H and O–H groups in total. The minimum Gasteiger partial charge on any atom is -0.393 e. The fourth-order valence-electron chi connectivity index (χ4n) is 8.64. The van der Waals surface area contributed by atoms with Crippen molar-refractivity contribution in [1.29, 1.82) is 0 Å². The first-order valence-electron chi connectivity index (χ1n) is 13.3. The topological polar surface area (TPSA) is 40.5 Å². The summed E-state index contributed by atoms with van der Waals surface area (Å²) in [6.07, 6.45) is 19.3. The van der Waals surface area contributed by atoms with Crippen molar-refractivity contribution in [2.75, 3.05) is 0 Å². The Morgan fingerprint density at radius 2 is 1.80 bits per heavy atom. The van der Waals surface area contributed by atoms with E-state index >= 15 is 0 Å².